The number of hydrogen-bond donors (Lipinski definition) is 16. The Kier molecular flexibility index (Phi) is 40.5. The molecule has 6 heterocycles. The van der Waals surface area contributed by atoms with Gasteiger partial charge in [0.25, 0.3) is 0 Å². The summed E-state index contributed by atoms with van der Waals surface area (Å²) in [4.78, 5) is 280. The van der Waals surface area contributed by atoms with Crippen LogP contribution in [0.25, 0.3) is 21.8 Å². The van der Waals surface area contributed by atoms with Gasteiger partial charge in [0.1, 0.15) is 72.2 Å². The number of hydrogen-bond acceptors (Lipinski definition) is 24. The second kappa shape index (κ2) is 51.7. The molecule has 0 radical (unpaired) electrons. The maximum absolute atomic E-state index is 15.8. The summed E-state index contributed by atoms with van der Waals surface area (Å²) in [6, 6.07) is 0.822. The number of aliphatic hydroxyl groups is 1. The highest BCUT2D eigenvalue weighted by molar-refractivity contribution is 8.00. The average Bonchev–Trinajstić information content (AvgIpc) is 1.58. The van der Waals surface area contributed by atoms with Crippen LogP contribution in [0.3, 0.4) is 0 Å². The van der Waals surface area contributed by atoms with Crippen molar-refractivity contribution in [2.45, 2.75) is 253 Å². The van der Waals surface area contributed by atoms with E-state index in [1.54, 1.807) is 85.2 Å². The Morgan fingerprint density at radius 2 is 1.10 bits per heavy atom. The van der Waals surface area contributed by atoms with Gasteiger partial charge in [0, 0.05) is 144 Å². The van der Waals surface area contributed by atoms with E-state index in [0.717, 1.165) is 31.4 Å². The smallest absolute Gasteiger partial charge is 0.304 e. The molecular weight excluding hydrogens is 1780 g/mol. The van der Waals surface area contributed by atoms with Gasteiger partial charge in [-0.15, -0.1) is 11.8 Å². The van der Waals surface area contributed by atoms with E-state index in [2.05, 4.69) is 57.5 Å². The number of ether oxygens (including phenoxy) is 1. The number of likely N-dealkylation sites (N-methyl/N-ethyl adjacent to an activating group) is 3. The summed E-state index contributed by atoms with van der Waals surface area (Å²) >= 11 is 0.847. The van der Waals surface area contributed by atoms with Crippen LogP contribution in [0.1, 0.15) is 166 Å². The highest BCUT2D eigenvalue weighted by Crippen LogP contribution is 2.30. The number of benzene rings is 3. The molecule has 738 valence electrons. The fourth-order valence-electron chi connectivity index (χ4n) is 17.3. The number of nitrogens with zero attached hydrogens (tertiary/aromatic N) is 6. The standard InChI is InChI=1S/C94H129N19O22S/c1-8-10-23-73-87(127)102-65(22-16-36-95)85(125)108-72(77(115)31-32-79(97)117)51-136-52-80(118)101-70(40-54-26-28-60(135-7)29-27-54)90(130)109(4)53(3)83(123)103-67(34-37-96)92(132)112-39-17-25-74(112)88(128)106-69(41-55-35-38-98-47-55)86(126)104-66(30-33-81(119)120)93(133)113-50-59(114)46-76(113)89(129)105-68(42-57-48-99-63-20-14-12-18-61(57)63)78(116)44-56(45-82(121)122)84(124)107-71(43-58-49-100-64-21-15-13-19-62(58)64)91(131)111(6)75(24-11-9-2)94(134)110(73)5/h12-15,18-21,26-29,38,47-49,53,56,59,65-76,99-100,114H,8-11,16-17,22-25,30-37,39-46,50-52,95-96H2,1-7H3,(H2,97,117)(H,101,118)(H,102,127)(H,103,123)(H,104,126)(H,105,129)(H,106,128)(H,107,124)(H,108,125)(H,119,120)(H,121,122)/t53-,56-,59+,65-,66-,67-,68-,69-,70-,71-,72-,73-,74-,75-,76-/m0/s1. The minimum Gasteiger partial charge on any atom is -0.497 e. The molecule has 4 aliphatic heterocycles. The van der Waals surface area contributed by atoms with E-state index in [1.165, 1.54) is 52.5 Å². The second-order valence-corrected chi connectivity index (χ2v) is 36.1. The number of aromatic amines is 2. The molecule has 5 aromatic rings. The molecule has 0 spiro atoms. The Bertz CT molecular complexity index is 5200. The van der Waals surface area contributed by atoms with Gasteiger partial charge < -0.3 is 114 Å². The molecule has 14 amide bonds. The molecule has 3 aromatic carbocycles. The number of carboxylic acids is 2. The Labute approximate surface area is 792 Å². The van der Waals surface area contributed by atoms with Crippen LogP contribution in [0.15, 0.2) is 102 Å². The number of fused-ring (bicyclic) bond motifs is 4. The van der Waals surface area contributed by atoms with Crippen LogP contribution in [0.2, 0.25) is 0 Å². The van der Waals surface area contributed by atoms with E-state index in [-0.39, 0.29) is 102 Å². The lowest BCUT2D eigenvalue weighted by molar-refractivity contribution is -0.150. The molecule has 19 N–H and O–H groups in total. The van der Waals surface area contributed by atoms with Gasteiger partial charge in [-0.05, 0) is 124 Å². The SMILES string of the molecule is CCCC[C@H]1C(=O)N(C)[C@@H](CCCC)C(=O)N[C@@H](CCCN)C(=O)N[C@H](C(=O)CCC(N)=O)CSCC(=O)N[C@@H](Cc2ccc(OC)cc2)C(=O)N(C)[C@@H](C)C(=O)N[C@@H](CCN)C(=O)N2CCC[C@H]2C(=O)N[C@@H](CC2=CN=CC2)C(=O)N[C@@H](CCC(=O)O)C(=O)N2C[C@H](O)C[C@H]2C(=O)N[C@@H](Cc2c[nH]c3ccccc23)C(=O)C[C@@H](CC(=O)O)C(=O)N[C@@H](Cc2c[nH]c3ccccc23)C(=O)N1C. The number of aliphatic imine (C=N–C) groups is 1. The van der Waals surface area contributed by atoms with Crippen LogP contribution in [0.5, 0.6) is 5.75 Å². The summed E-state index contributed by atoms with van der Waals surface area (Å²) in [5.41, 5.74) is 20.8. The summed E-state index contributed by atoms with van der Waals surface area (Å²) in [5.74, 6) is -19.4. The lowest BCUT2D eigenvalue weighted by Gasteiger charge is -2.36. The number of thioether (sulfide) groups is 1. The number of para-hydroxylation sites is 2. The Hall–Kier alpha value is -13.0. The quantitative estimate of drug-likeness (QED) is 0.0314. The number of aromatic nitrogens is 2. The number of carboxylic acid groups (broad SMARTS) is 2. The van der Waals surface area contributed by atoms with Crippen molar-refractivity contribution in [1.82, 2.24) is 77.0 Å². The Morgan fingerprint density at radius 3 is 1.71 bits per heavy atom. The van der Waals surface area contributed by atoms with E-state index in [0.29, 0.717) is 75.5 Å². The lowest BCUT2D eigenvalue weighted by atomic mass is 9.91. The van der Waals surface area contributed by atoms with Crippen LogP contribution in [0.4, 0.5) is 0 Å². The van der Waals surface area contributed by atoms with Crippen LogP contribution >= 0.6 is 11.8 Å². The topological polar surface area (TPSA) is 612 Å². The number of carbonyl (C=O) groups is 18. The number of nitrogens with one attached hydrogen (secondary N) is 10. The number of methoxy groups -OCH3 is 1. The lowest BCUT2D eigenvalue weighted by Crippen LogP contribution is -2.60. The number of Topliss-reactive ketones (excluding diaryl/α,β-unsaturated/α-hetero) is 2. The minimum absolute atomic E-state index is 0.00335. The molecule has 0 bridgehead atoms. The molecule has 4 aliphatic rings. The number of rotatable bonds is 29. The predicted octanol–water partition coefficient (Wildman–Crippen LogP) is 0.731. The third-order valence-electron chi connectivity index (χ3n) is 25.2. The fraction of sp³-hybridized carbons (Fsp3) is 0.543. The van der Waals surface area contributed by atoms with Gasteiger partial charge >= 0.3 is 11.9 Å². The molecule has 2 aromatic heterocycles. The first-order chi connectivity index (χ1) is 65.0. The molecule has 3 fully saturated rings. The Morgan fingerprint density at radius 1 is 0.537 bits per heavy atom. The zero-order chi connectivity index (χ0) is 99.1. The largest absolute Gasteiger partial charge is 0.497 e. The Balaban J connectivity index is 1.11. The number of amides is 14. The van der Waals surface area contributed by atoms with Gasteiger partial charge in [-0.25, -0.2) is 0 Å². The zero-order valence-electron chi connectivity index (χ0n) is 77.8. The van der Waals surface area contributed by atoms with Gasteiger partial charge in [0.2, 0.25) is 82.7 Å². The van der Waals surface area contributed by atoms with E-state index in [9.17, 15) is 63.3 Å². The van der Waals surface area contributed by atoms with E-state index in [4.69, 9.17) is 21.9 Å². The highest BCUT2D eigenvalue weighted by Gasteiger charge is 2.47. The van der Waals surface area contributed by atoms with Crippen molar-refractivity contribution in [3.8, 4) is 5.75 Å². The summed E-state index contributed by atoms with van der Waals surface area (Å²) in [6.45, 7) is 4.24. The van der Waals surface area contributed by atoms with Crippen molar-refractivity contribution < 1.29 is 106 Å². The van der Waals surface area contributed by atoms with Gasteiger partial charge in [-0.2, -0.15) is 0 Å². The first-order valence-corrected chi connectivity index (χ1v) is 47.3. The van der Waals surface area contributed by atoms with E-state index < -0.39 is 254 Å². The molecule has 15 atom stereocenters. The fourth-order valence-corrected chi connectivity index (χ4v) is 18.2. The predicted molar refractivity (Wildman–Crippen MR) is 502 cm³/mol. The molecule has 0 aliphatic carbocycles. The molecule has 42 heteroatoms. The number of carbonyl (C=O) groups excluding carboxylic acids is 16. The molecule has 41 nitrogen and oxygen atoms in total. The highest BCUT2D eigenvalue weighted by atomic mass is 32.2. The maximum Gasteiger partial charge on any atom is 0.304 e. The first kappa shape index (κ1) is 107. The molecular formula is C94H129N19O22S. The van der Waals surface area contributed by atoms with Gasteiger partial charge in [0.05, 0.1) is 43.4 Å². The molecule has 0 unspecified atom stereocenters. The number of primary amides is 1. The normalized spacial score (nSPS) is 25.1. The molecule has 136 heavy (non-hydrogen) atoms. The van der Waals surface area contributed by atoms with Crippen molar-refractivity contribution in [3.05, 3.63) is 114 Å². The number of nitrogens with two attached hydrogens (primary N) is 3. The molecule has 9 rings (SSSR count). The van der Waals surface area contributed by atoms with Gasteiger partial charge in [0.15, 0.2) is 11.6 Å². The summed E-state index contributed by atoms with van der Waals surface area (Å²) in [6.07, 6.45) is 0.758. The minimum atomic E-state index is -1.82. The van der Waals surface area contributed by atoms with Crippen molar-refractivity contribution >= 4 is 146 Å². The zero-order valence-corrected chi connectivity index (χ0v) is 78.6. The van der Waals surface area contributed by atoms with E-state index in [1.807, 2.05) is 13.8 Å². The monoisotopic (exact) mass is 1910 g/mol. The van der Waals surface area contributed by atoms with Crippen LogP contribution in [-0.2, 0) is 106 Å². The number of aliphatic hydroxyl groups excluding tert-OH is 1. The van der Waals surface area contributed by atoms with Crippen LogP contribution in [-0.4, -0.2) is 313 Å². The molecule has 0 saturated carbocycles. The summed E-state index contributed by atoms with van der Waals surface area (Å²) in [5, 5.41) is 55.2. The molecule has 3 saturated heterocycles. The van der Waals surface area contributed by atoms with Crippen molar-refractivity contribution in [2.24, 2.45) is 28.1 Å². The second-order valence-electron chi connectivity index (χ2n) is 35.0. The van der Waals surface area contributed by atoms with Crippen LogP contribution in [0, 0.1) is 5.92 Å². The third kappa shape index (κ3) is 29.5. The number of aliphatic carboxylic acids is 2. The number of H-pyrrole nitrogens is 2. The maximum atomic E-state index is 15.8. The van der Waals surface area contributed by atoms with Crippen LogP contribution < -0.4 is 64.5 Å². The number of unbranched alkanes of at least 4 members (excludes halogenated alkanes) is 2. The summed E-state index contributed by atoms with van der Waals surface area (Å²) < 4.78 is 5.36. The first-order valence-electron chi connectivity index (χ1n) is 46.2. The summed E-state index contributed by atoms with van der Waals surface area (Å²) in [7, 11) is 5.43. The van der Waals surface area contributed by atoms with Gasteiger partial charge in [-0.3, -0.25) is 91.3 Å². The number of ketones is 2. The van der Waals surface area contributed by atoms with Crippen molar-refractivity contribution in [1.29, 1.82) is 0 Å². The average molecular weight is 1910 g/mol. The van der Waals surface area contributed by atoms with E-state index >= 15 is 38.4 Å². The van der Waals surface area contributed by atoms with Gasteiger partial charge in [-0.1, -0.05) is 88.1 Å². The van der Waals surface area contributed by atoms with Crippen molar-refractivity contribution in [3.63, 3.8) is 0 Å². The third-order valence-corrected chi connectivity index (χ3v) is 26.2. The van der Waals surface area contributed by atoms with Crippen molar-refractivity contribution in [2.75, 3.05) is 65.9 Å².